The van der Waals surface area contributed by atoms with E-state index in [4.69, 9.17) is 4.74 Å². The standard InChI is InChI=1S/C18H26N4OS.HI/c1-5-23-16-14(8-6-10-20-16)12-21-17(19-4)22-13-18(2,3)15-9-7-11-24-15;/h6-11H,5,12-13H2,1-4H3,(H2,19,21,22);1H. The van der Waals surface area contributed by atoms with Gasteiger partial charge in [0, 0.05) is 42.2 Å². The molecular formula is C18H27IN4OS. The third kappa shape index (κ3) is 6.47. The first kappa shape index (κ1) is 21.7. The molecule has 0 spiro atoms. The molecule has 0 amide bonds. The lowest BCUT2D eigenvalue weighted by Crippen LogP contribution is -2.43. The Morgan fingerprint density at radius 1 is 1.28 bits per heavy atom. The van der Waals surface area contributed by atoms with Crippen molar-refractivity contribution in [1.82, 2.24) is 15.6 Å². The molecule has 2 heterocycles. The Bertz CT molecular complexity index is 659. The van der Waals surface area contributed by atoms with Crippen LogP contribution in [0, 0.1) is 0 Å². The topological polar surface area (TPSA) is 58.5 Å². The fraction of sp³-hybridized carbons (Fsp3) is 0.444. The number of guanidine groups is 1. The van der Waals surface area contributed by atoms with Crippen molar-refractivity contribution >= 4 is 41.3 Å². The van der Waals surface area contributed by atoms with Crippen LogP contribution in [0.4, 0.5) is 0 Å². The van der Waals surface area contributed by atoms with Gasteiger partial charge in [0.1, 0.15) is 0 Å². The minimum absolute atomic E-state index is 0. The van der Waals surface area contributed by atoms with E-state index in [9.17, 15) is 0 Å². The molecule has 25 heavy (non-hydrogen) atoms. The lowest BCUT2D eigenvalue weighted by molar-refractivity contribution is 0.322. The smallest absolute Gasteiger partial charge is 0.218 e. The highest BCUT2D eigenvalue weighted by molar-refractivity contribution is 14.0. The summed E-state index contributed by atoms with van der Waals surface area (Å²) in [6, 6.07) is 8.18. The minimum atomic E-state index is 0. The monoisotopic (exact) mass is 474 g/mol. The minimum Gasteiger partial charge on any atom is -0.478 e. The first-order valence-electron chi connectivity index (χ1n) is 8.12. The van der Waals surface area contributed by atoms with E-state index in [1.165, 1.54) is 4.88 Å². The maximum Gasteiger partial charge on any atom is 0.218 e. The van der Waals surface area contributed by atoms with Gasteiger partial charge in [0.2, 0.25) is 5.88 Å². The molecule has 0 aromatic carbocycles. The number of hydrogen-bond acceptors (Lipinski definition) is 4. The van der Waals surface area contributed by atoms with E-state index in [-0.39, 0.29) is 29.4 Å². The van der Waals surface area contributed by atoms with Crippen LogP contribution in [0.5, 0.6) is 5.88 Å². The zero-order valence-electron chi connectivity index (χ0n) is 15.2. The highest BCUT2D eigenvalue weighted by Gasteiger charge is 2.21. The highest BCUT2D eigenvalue weighted by Crippen LogP contribution is 2.26. The van der Waals surface area contributed by atoms with E-state index < -0.39 is 0 Å². The fourth-order valence-corrected chi connectivity index (χ4v) is 3.13. The van der Waals surface area contributed by atoms with Crippen LogP contribution >= 0.6 is 35.3 Å². The van der Waals surface area contributed by atoms with E-state index in [0.29, 0.717) is 19.0 Å². The summed E-state index contributed by atoms with van der Waals surface area (Å²) in [6.45, 7) is 8.44. The maximum atomic E-state index is 5.56. The van der Waals surface area contributed by atoms with Gasteiger partial charge in [0.15, 0.2) is 5.96 Å². The molecule has 0 fully saturated rings. The molecule has 0 aliphatic carbocycles. The van der Waals surface area contributed by atoms with E-state index in [2.05, 4.69) is 52.0 Å². The van der Waals surface area contributed by atoms with Gasteiger partial charge in [-0.15, -0.1) is 35.3 Å². The number of halogens is 1. The van der Waals surface area contributed by atoms with Crippen LogP contribution in [0.1, 0.15) is 31.2 Å². The molecule has 2 aromatic heterocycles. The number of nitrogens with one attached hydrogen (secondary N) is 2. The predicted molar refractivity (Wildman–Crippen MR) is 116 cm³/mol. The van der Waals surface area contributed by atoms with Crippen LogP contribution in [-0.2, 0) is 12.0 Å². The molecule has 138 valence electrons. The number of aromatic nitrogens is 1. The normalized spacial score (nSPS) is 11.6. The second-order valence-electron chi connectivity index (χ2n) is 6.04. The highest BCUT2D eigenvalue weighted by atomic mass is 127. The number of nitrogens with zero attached hydrogens (tertiary/aromatic N) is 2. The lowest BCUT2D eigenvalue weighted by Gasteiger charge is -2.25. The summed E-state index contributed by atoms with van der Waals surface area (Å²) < 4.78 is 5.56. The Hall–Kier alpha value is -1.35. The van der Waals surface area contributed by atoms with Crippen molar-refractivity contribution < 1.29 is 4.74 Å². The van der Waals surface area contributed by atoms with Crippen molar-refractivity contribution in [3.05, 3.63) is 46.3 Å². The van der Waals surface area contributed by atoms with Crippen molar-refractivity contribution in [3.8, 4) is 5.88 Å². The zero-order chi connectivity index (χ0) is 17.4. The third-order valence-electron chi connectivity index (χ3n) is 3.69. The van der Waals surface area contributed by atoms with Gasteiger partial charge in [-0.05, 0) is 24.4 Å². The average molecular weight is 474 g/mol. The molecule has 0 saturated carbocycles. The summed E-state index contributed by atoms with van der Waals surface area (Å²) in [5.74, 6) is 1.44. The van der Waals surface area contributed by atoms with Gasteiger partial charge >= 0.3 is 0 Å². The van der Waals surface area contributed by atoms with Gasteiger partial charge in [-0.3, -0.25) is 4.99 Å². The molecule has 2 aromatic rings. The van der Waals surface area contributed by atoms with Crippen LogP contribution in [0.3, 0.4) is 0 Å². The Morgan fingerprint density at radius 2 is 2.08 bits per heavy atom. The zero-order valence-corrected chi connectivity index (χ0v) is 18.4. The van der Waals surface area contributed by atoms with E-state index in [1.807, 2.05) is 19.1 Å². The van der Waals surface area contributed by atoms with Gasteiger partial charge in [-0.2, -0.15) is 0 Å². The Labute approximate surface area is 171 Å². The molecule has 7 heteroatoms. The first-order chi connectivity index (χ1) is 11.6. The predicted octanol–water partition coefficient (Wildman–Crippen LogP) is 3.80. The summed E-state index contributed by atoms with van der Waals surface area (Å²) in [4.78, 5) is 9.93. The van der Waals surface area contributed by atoms with E-state index >= 15 is 0 Å². The van der Waals surface area contributed by atoms with Crippen LogP contribution in [0.2, 0.25) is 0 Å². The van der Waals surface area contributed by atoms with Crippen LogP contribution in [0.15, 0.2) is 40.8 Å². The summed E-state index contributed by atoms with van der Waals surface area (Å²) in [5, 5.41) is 8.84. The van der Waals surface area contributed by atoms with Crippen molar-refractivity contribution in [3.63, 3.8) is 0 Å². The lowest BCUT2D eigenvalue weighted by atomic mass is 9.91. The van der Waals surface area contributed by atoms with Gasteiger partial charge in [-0.25, -0.2) is 4.98 Å². The summed E-state index contributed by atoms with van der Waals surface area (Å²) >= 11 is 1.78. The average Bonchev–Trinajstić information content (AvgIpc) is 3.12. The Balaban J connectivity index is 0.00000312. The Kier molecular flexibility index (Phi) is 9.20. The molecule has 0 aliphatic rings. The van der Waals surface area contributed by atoms with Crippen molar-refractivity contribution in [2.75, 3.05) is 20.2 Å². The second-order valence-corrected chi connectivity index (χ2v) is 6.99. The van der Waals surface area contributed by atoms with Crippen molar-refractivity contribution in [2.45, 2.75) is 32.7 Å². The molecular weight excluding hydrogens is 447 g/mol. The molecule has 0 saturated heterocycles. The largest absolute Gasteiger partial charge is 0.478 e. The molecule has 0 bridgehead atoms. The molecule has 2 N–H and O–H groups in total. The van der Waals surface area contributed by atoms with Crippen molar-refractivity contribution in [1.29, 1.82) is 0 Å². The molecule has 0 radical (unpaired) electrons. The van der Waals surface area contributed by atoms with Crippen LogP contribution < -0.4 is 15.4 Å². The summed E-state index contributed by atoms with van der Waals surface area (Å²) in [6.07, 6.45) is 1.74. The van der Waals surface area contributed by atoms with E-state index in [1.54, 1.807) is 24.6 Å². The molecule has 2 rings (SSSR count). The van der Waals surface area contributed by atoms with Gasteiger partial charge in [-0.1, -0.05) is 26.0 Å². The number of pyridine rings is 1. The van der Waals surface area contributed by atoms with Gasteiger partial charge in [0.25, 0.3) is 0 Å². The fourth-order valence-electron chi connectivity index (χ4n) is 2.28. The van der Waals surface area contributed by atoms with Gasteiger partial charge < -0.3 is 15.4 Å². The number of aliphatic imine (C=N–C) groups is 1. The van der Waals surface area contributed by atoms with Crippen LogP contribution in [0.25, 0.3) is 0 Å². The quantitative estimate of drug-likeness (QED) is 0.364. The van der Waals surface area contributed by atoms with Gasteiger partial charge in [0.05, 0.1) is 6.61 Å². The SMILES string of the molecule is CCOc1ncccc1CNC(=NC)NCC(C)(C)c1cccs1.I. The van der Waals surface area contributed by atoms with Crippen molar-refractivity contribution in [2.24, 2.45) is 4.99 Å². The summed E-state index contributed by atoms with van der Waals surface area (Å²) in [7, 11) is 1.78. The first-order valence-corrected chi connectivity index (χ1v) is 9.00. The third-order valence-corrected chi connectivity index (χ3v) is 4.92. The maximum absolute atomic E-state index is 5.56. The molecule has 5 nitrogen and oxygen atoms in total. The number of thiophene rings is 1. The molecule has 0 aliphatic heterocycles. The number of rotatable bonds is 7. The molecule has 0 atom stereocenters. The Morgan fingerprint density at radius 3 is 2.72 bits per heavy atom. The van der Waals surface area contributed by atoms with Crippen LogP contribution in [-0.4, -0.2) is 31.1 Å². The number of hydrogen-bond donors (Lipinski definition) is 2. The molecule has 0 unspecified atom stereocenters. The second kappa shape index (κ2) is 10.6. The number of ether oxygens (including phenoxy) is 1. The van der Waals surface area contributed by atoms with E-state index in [0.717, 1.165) is 18.1 Å². The summed E-state index contributed by atoms with van der Waals surface area (Å²) in [5.41, 5.74) is 1.07.